The van der Waals surface area contributed by atoms with Crippen molar-refractivity contribution in [2.45, 2.75) is 9.79 Å². The molecule has 0 fully saturated rings. The third-order valence-corrected chi connectivity index (χ3v) is 5.48. The molecule has 0 heterocycles. The molecule has 28 heavy (non-hydrogen) atoms. The fourth-order valence-corrected chi connectivity index (χ4v) is 3.76. The van der Waals surface area contributed by atoms with Crippen molar-refractivity contribution in [3.8, 4) is 0 Å². The number of hydrogen-bond donors (Lipinski definition) is 1. The Kier molecular flexibility index (Phi) is 8.56. The second-order valence-electron chi connectivity index (χ2n) is 5.29. The smallest absolute Gasteiger partial charge is 0.744 e. The van der Waals surface area contributed by atoms with Crippen LogP contribution in [0.3, 0.4) is 0 Å². The van der Waals surface area contributed by atoms with E-state index in [9.17, 15) is 39.9 Å². The van der Waals surface area contributed by atoms with Crippen molar-refractivity contribution in [3.63, 3.8) is 0 Å². The van der Waals surface area contributed by atoms with Gasteiger partial charge in [-0.1, -0.05) is 0 Å². The van der Waals surface area contributed by atoms with Crippen molar-refractivity contribution in [1.82, 2.24) is 0 Å². The van der Waals surface area contributed by atoms with Gasteiger partial charge in [-0.05, 0) is 24.3 Å². The molecule has 9 nitrogen and oxygen atoms in total. The first-order valence-corrected chi connectivity index (χ1v) is 9.43. The van der Waals surface area contributed by atoms with Gasteiger partial charge in [-0.3, -0.25) is 9.59 Å². The van der Waals surface area contributed by atoms with Crippen LogP contribution in [0.15, 0.2) is 34.1 Å². The van der Waals surface area contributed by atoms with E-state index in [1.165, 1.54) is 0 Å². The quantitative estimate of drug-likeness (QED) is 0.214. The van der Waals surface area contributed by atoms with Crippen molar-refractivity contribution >= 4 is 37.5 Å². The molecule has 136 valence electrons. The van der Waals surface area contributed by atoms with Gasteiger partial charge in [0.2, 0.25) is 0 Å². The summed E-state index contributed by atoms with van der Waals surface area (Å²) < 4.78 is 81.1. The first-order chi connectivity index (χ1) is 11.8. The molecular weight excluding hydrogens is 471 g/mol. The number of anilines is 1. The van der Waals surface area contributed by atoms with Crippen molar-refractivity contribution in [2.75, 3.05) is 5.73 Å². The molecule has 0 aromatic heterocycles. The van der Waals surface area contributed by atoms with E-state index in [4.69, 9.17) is 5.73 Å². The number of halogens is 1. The standard InChI is InChI=1S/C14H8FNO8S2.2K/c15-8-4-9(26(22,23)24)12(16)11-10(8)14(18)7-3-5(25(19,20)21)1-2-6(7)13(11)17;;/h1-4H,16H2,(H,19,20,21)(H,22,23,24);;/q;2*+1/p-2. The van der Waals surface area contributed by atoms with E-state index in [0.29, 0.717) is 6.07 Å². The predicted molar refractivity (Wildman–Crippen MR) is 80.0 cm³/mol. The Balaban J connectivity index is 0.00000196. The number of fused-ring (bicyclic) bond motifs is 2. The molecule has 0 unspecified atom stereocenters. The molecular formula is C14H6FK2NO8S2. The number of hydrogen-bond acceptors (Lipinski definition) is 9. The summed E-state index contributed by atoms with van der Waals surface area (Å²) >= 11 is 0. The molecule has 2 aromatic carbocycles. The molecule has 0 aliphatic heterocycles. The van der Waals surface area contributed by atoms with Gasteiger partial charge in [-0.15, -0.1) is 0 Å². The van der Waals surface area contributed by atoms with Crippen molar-refractivity contribution in [3.05, 3.63) is 52.3 Å². The van der Waals surface area contributed by atoms with Gasteiger partial charge < -0.3 is 14.8 Å². The summed E-state index contributed by atoms with van der Waals surface area (Å²) in [5.74, 6) is -3.77. The van der Waals surface area contributed by atoms with E-state index in [1.54, 1.807) is 0 Å². The zero-order valence-corrected chi connectivity index (χ0v) is 22.2. The molecule has 2 N–H and O–H groups in total. The SMILES string of the molecule is Nc1c(S(=O)(=O)[O-])cc(F)c2c1C(=O)c1ccc(S(=O)(=O)[O-])cc1C2=O.[K+].[K+]. The molecule has 0 saturated heterocycles. The average molecular weight is 478 g/mol. The number of ketones is 2. The molecule has 0 amide bonds. The topological polar surface area (TPSA) is 175 Å². The molecule has 3 rings (SSSR count). The molecule has 1 aliphatic carbocycles. The Morgan fingerprint density at radius 3 is 1.86 bits per heavy atom. The summed E-state index contributed by atoms with van der Waals surface area (Å²) in [4.78, 5) is 23.0. The second-order valence-corrected chi connectivity index (χ2v) is 8.02. The van der Waals surface area contributed by atoms with Crippen LogP contribution in [0.1, 0.15) is 31.8 Å². The second kappa shape index (κ2) is 8.99. The molecule has 0 bridgehead atoms. The first-order valence-electron chi connectivity index (χ1n) is 6.61. The summed E-state index contributed by atoms with van der Waals surface area (Å²) in [6.45, 7) is 0. The number of carbonyl (C=O) groups is 2. The van der Waals surface area contributed by atoms with Crippen LogP contribution >= 0.6 is 0 Å². The Bertz CT molecular complexity index is 1240. The van der Waals surface area contributed by atoms with Gasteiger partial charge in [-0.2, -0.15) is 0 Å². The minimum Gasteiger partial charge on any atom is -0.744 e. The Morgan fingerprint density at radius 1 is 0.821 bits per heavy atom. The molecule has 0 spiro atoms. The van der Waals surface area contributed by atoms with Crippen molar-refractivity contribution < 1.29 is 143 Å². The van der Waals surface area contributed by atoms with E-state index in [0.717, 1.165) is 12.1 Å². The van der Waals surface area contributed by atoms with E-state index in [1.807, 2.05) is 0 Å². The predicted octanol–water partition coefficient (Wildman–Crippen LogP) is -6.00. The summed E-state index contributed by atoms with van der Waals surface area (Å²) in [6.07, 6.45) is 0. The van der Waals surface area contributed by atoms with Gasteiger partial charge in [0.1, 0.15) is 26.1 Å². The maximum Gasteiger partial charge on any atom is 1.00 e. The van der Waals surface area contributed by atoms with Crippen LogP contribution in [-0.2, 0) is 20.2 Å². The van der Waals surface area contributed by atoms with Crippen LogP contribution < -0.4 is 109 Å². The van der Waals surface area contributed by atoms with Gasteiger partial charge in [-0.25, -0.2) is 21.2 Å². The maximum atomic E-state index is 14.3. The Morgan fingerprint density at radius 2 is 1.36 bits per heavy atom. The summed E-state index contributed by atoms with van der Waals surface area (Å²) in [5.41, 5.74) is 1.92. The largest absolute Gasteiger partial charge is 1.00 e. The summed E-state index contributed by atoms with van der Waals surface area (Å²) in [5, 5.41) is 0. The molecule has 0 radical (unpaired) electrons. The third kappa shape index (κ3) is 4.60. The van der Waals surface area contributed by atoms with Crippen LogP contribution in [0.5, 0.6) is 0 Å². The molecule has 2 aromatic rings. The molecule has 14 heteroatoms. The molecule has 0 saturated carbocycles. The molecule has 1 aliphatic rings. The number of nitrogens with two attached hydrogens (primary N) is 1. The zero-order chi connectivity index (χ0) is 19.6. The Hall–Kier alpha value is 0.603. The fourth-order valence-electron chi connectivity index (χ4n) is 2.64. The number of benzene rings is 2. The van der Waals surface area contributed by atoms with Gasteiger partial charge in [0.25, 0.3) is 0 Å². The van der Waals surface area contributed by atoms with E-state index < -0.39 is 75.4 Å². The zero-order valence-electron chi connectivity index (χ0n) is 14.3. The summed E-state index contributed by atoms with van der Waals surface area (Å²) in [7, 11) is -10.2. The van der Waals surface area contributed by atoms with E-state index in [2.05, 4.69) is 0 Å². The number of rotatable bonds is 2. The van der Waals surface area contributed by atoms with Crippen LogP contribution in [-0.4, -0.2) is 37.5 Å². The van der Waals surface area contributed by atoms with Gasteiger partial charge >= 0.3 is 103 Å². The minimum atomic E-state index is -5.23. The molecule has 0 atom stereocenters. The monoisotopic (exact) mass is 477 g/mol. The first kappa shape index (κ1) is 26.6. The van der Waals surface area contributed by atoms with Gasteiger partial charge in [0.15, 0.2) is 11.6 Å². The Labute approximate surface area is 243 Å². The van der Waals surface area contributed by atoms with E-state index in [-0.39, 0.29) is 109 Å². The fraction of sp³-hybridized carbons (Fsp3) is 0. The van der Waals surface area contributed by atoms with Gasteiger partial charge in [0.05, 0.1) is 26.6 Å². The van der Waals surface area contributed by atoms with Crippen LogP contribution in [0.4, 0.5) is 10.1 Å². The van der Waals surface area contributed by atoms with E-state index >= 15 is 0 Å². The number of carbonyl (C=O) groups excluding carboxylic acids is 2. The van der Waals surface area contributed by atoms with Crippen LogP contribution in [0.2, 0.25) is 0 Å². The summed E-state index contributed by atoms with van der Waals surface area (Å²) in [6, 6.07) is 2.44. The van der Waals surface area contributed by atoms with Crippen molar-refractivity contribution in [2.24, 2.45) is 0 Å². The third-order valence-electron chi connectivity index (χ3n) is 3.77. The number of nitrogen functional groups attached to an aromatic ring is 1. The van der Waals surface area contributed by atoms with Crippen molar-refractivity contribution in [1.29, 1.82) is 0 Å². The van der Waals surface area contributed by atoms with Crippen LogP contribution in [0.25, 0.3) is 0 Å². The normalized spacial score (nSPS) is 13.1. The minimum absolute atomic E-state index is 0. The average Bonchev–Trinajstić information content (AvgIpc) is 2.51. The van der Waals surface area contributed by atoms with Gasteiger partial charge in [0, 0.05) is 11.1 Å². The maximum absolute atomic E-state index is 14.3. The van der Waals surface area contributed by atoms with Crippen LogP contribution in [0, 0.1) is 5.82 Å².